The third-order valence-electron chi connectivity index (χ3n) is 3.01. The van der Waals surface area contributed by atoms with Gasteiger partial charge in [-0.1, -0.05) is 0 Å². The van der Waals surface area contributed by atoms with Gasteiger partial charge in [0.15, 0.2) is 11.2 Å². The Morgan fingerprint density at radius 1 is 0.800 bits per heavy atom. The minimum absolute atomic E-state index is 1.22. The van der Waals surface area contributed by atoms with Crippen molar-refractivity contribution in [2.75, 3.05) is 0 Å². The molecule has 0 amide bonds. The van der Waals surface area contributed by atoms with Gasteiger partial charge >= 0.3 is 0 Å². The molecule has 1 nitrogen and oxygen atoms in total. The Hall–Kier alpha value is -1.24. The Morgan fingerprint density at radius 3 is 2.00 bits per heavy atom. The van der Waals surface area contributed by atoms with Crippen LogP contribution in [0, 0.1) is 0 Å². The van der Waals surface area contributed by atoms with Gasteiger partial charge in [0.1, 0.15) is 0 Å². The van der Waals surface area contributed by atoms with Gasteiger partial charge in [-0.15, -0.1) is 0 Å². The Kier molecular flexibility index (Phi) is 0.187. The first-order valence-electron chi connectivity index (χ1n) is 3.62. The van der Waals surface area contributed by atoms with E-state index in [0.29, 0.717) is 0 Å². The lowest BCUT2D eigenvalue weighted by Crippen LogP contribution is -1.62. The summed E-state index contributed by atoms with van der Waals surface area (Å²) >= 11 is 0. The average molecular weight is 126 g/mol. The van der Waals surface area contributed by atoms with Gasteiger partial charge in [0.05, 0.1) is 0 Å². The van der Waals surface area contributed by atoms with Gasteiger partial charge in [-0.2, -0.15) is 0 Å². The number of benzene rings is 1. The first-order chi connectivity index (χ1) is 4.97. The Bertz CT molecular complexity index is 558. The summed E-state index contributed by atoms with van der Waals surface area (Å²) in [5, 5.41) is 6.10. The smallest absolute Gasteiger partial charge is 0.179 e. The van der Waals surface area contributed by atoms with Crippen molar-refractivity contribution in [1.29, 1.82) is 0 Å². The van der Waals surface area contributed by atoms with Gasteiger partial charge in [0, 0.05) is 17.2 Å². The zero-order valence-electron chi connectivity index (χ0n) is 5.12. The first-order valence-corrected chi connectivity index (χ1v) is 3.62. The third kappa shape index (κ3) is 0.135. The number of rotatable bonds is 0. The lowest BCUT2D eigenvalue weighted by molar-refractivity contribution is 0.762. The van der Waals surface area contributed by atoms with Crippen LogP contribution in [-0.4, -0.2) is 0 Å². The lowest BCUT2D eigenvalue weighted by atomic mass is 10.3. The minimum atomic E-state index is 1.22. The second kappa shape index (κ2) is 0.578. The Balaban J connectivity index is 2.60. The van der Waals surface area contributed by atoms with Crippen LogP contribution in [0.4, 0.5) is 0 Å². The van der Waals surface area contributed by atoms with Crippen molar-refractivity contribution in [3.63, 3.8) is 0 Å². The number of hydrogen-bond donors (Lipinski definition) is 0. The van der Waals surface area contributed by atoms with Crippen LogP contribution >= 0.6 is 0 Å². The summed E-state index contributed by atoms with van der Waals surface area (Å²) in [6, 6.07) is 0. The molecule has 1 heterocycles. The van der Waals surface area contributed by atoms with Gasteiger partial charge in [-0.05, 0) is 21.9 Å². The number of hydrogen-bond acceptors (Lipinski definition) is 1. The lowest BCUT2D eigenvalue weighted by Gasteiger charge is -1.72. The fraction of sp³-hybridized carbons (Fsp3) is 0.111. The van der Waals surface area contributed by atoms with Gasteiger partial charge in [-0.25, -0.2) is 0 Å². The molecular formula is C9H2O. The van der Waals surface area contributed by atoms with Crippen LogP contribution in [0.3, 0.4) is 0 Å². The molecule has 0 spiro atoms. The molecule has 44 valence electrons. The molecule has 0 saturated heterocycles. The van der Waals surface area contributed by atoms with E-state index < -0.39 is 0 Å². The highest BCUT2D eigenvalue weighted by molar-refractivity contribution is 6.45. The normalized spacial score (nSPS) is 17.6. The highest BCUT2D eigenvalue weighted by atomic mass is 16.4. The zero-order valence-corrected chi connectivity index (χ0v) is 5.12. The minimum Gasteiger partial charge on any atom is -0.448 e. The van der Waals surface area contributed by atoms with E-state index in [1.807, 2.05) is 0 Å². The molecule has 5 rings (SSSR count). The van der Waals surface area contributed by atoms with Gasteiger partial charge < -0.3 is 4.42 Å². The second-order valence-electron chi connectivity index (χ2n) is 3.39. The summed E-state index contributed by atoms with van der Waals surface area (Å²) in [6.07, 6.45) is 1.24. The molecule has 1 heteroatoms. The van der Waals surface area contributed by atoms with E-state index in [9.17, 15) is 0 Å². The van der Waals surface area contributed by atoms with E-state index in [-0.39, 0.29) is 0 Å². The van der Waals surface area contributed by atoms with Crippen LogP contribution in [-0.2, 0) is 6.42 Å². The quantitative estimate of drug-likeness (QED) is 0.310. The molecule has 0 unspecified atom stereocenters. The predicted molar refractivity (Wildman–Crippen MR) is 38.8 cm³/mol. The van der Waals surface area contributed by atoms with E-state index in [4.69, 9.17) is 4.42 Å². The summed E-state index contributed by atoms with van der Waals surface area (Å²) < 4.78 is 5.36. The summed E-state index contributed by atoms with van der Waals surface area (Å²) in [4.78, 5) is 0. The average Bonchev–Trinajstić information content (AvgIpc) is 2.73. The second-order valence-corrected chi connectivity index (χ2v) is 3.39. The maximum absolute atomic E-state index is 5.36. The molecule has 0 aliphatic heterocycles. The molecule has 10 heavy (non-hydrogen) atoms. The fourth-order valence-corrected chi connectivity index (χ4v) is 2.44. The topological polar surface area (TPSA) is 13.1 Å². The van der Waals surface area contributed by atoms with Gasteiger partial charge in [0.2, 0.25) is 0 Å². The first kappa shape index (κ1) is 3.24. The molecule has 0 radical (unpaired) electrons. The summed E-state index contributed by atoms with van der Waals surface area (Å²) in [5.41, 5.74) is 5.62. The molecular weight excluding hydrogens is 124 g/mol. The van der Waals surface area contributed by atoms with E-state index in [1.165, 1.54) is 28.4 Å². The SMILES string of the molecule is C1c2c3c4oc4c4c1c4c23. The fourth-order valence-electron chi connectivity index (χ4n) is 2.44. The molecule has 0 atom stereocenters. The molecule has 1 aromatic heterocycles. The van der Waals surface area contributed by atoms with Crippen molar-refractivity contribution >= 4 is 32.7 Å². The number of fused-ring (bicyclic) bond motifs is 5. The van der Waals surface area contributed by atoms with E-state index >= 15 is 0 Å². The van der Waals surface area contributed by atoms with Crippen LogP contribution in [0.2, 0.25) is 0 Å². The summed E-state index contributed by atoms with van der Waals surface area (Å²) in [7, 11) is 0. The van der Waals surface area contributed by atoms with Crippen molar-refractivity contribution in [3.8, 4) is 0 Å². The maximum atomic E-state index is 5.36. The standard InChI is InChI=1S/C9H2O/c1-2-4-5-3(1)7(5)9-8(10-9)6(2)4/h1H2. The molecule has 0 saturated carbocycles. The van der Waals surface area contributed by atoms with Crippen molar-refractivity contribution in [3.05, 3.63) is 11.1 Å². The van der Waals surface area contributed by atoms with Crippen molar-refractivity contribution < 1.29 is 4.42 Å². The van der Waals surface area contributed by atoms with Crippen LogP contribution in [0.15, 0.2) is 4.42 Å². The molecule has 0 bridgehead atoms. The largest absolute Gasteiger partial charge is 0.448 e. The highest BCUT2D eigenvalue weighted by Gasteiger charge is 2.42. The van der Waals surface area contributed by atoms with Crippen LogP contribution in [0.5, 0.6) is 0 Å². The maximum Gasteiger partial charge on any atom is 0.179 e. The predicted octanol–water partition coefficient (Wildman–Crippen LogP) is 2.39. The molecule has 1 aliphatic rings. The van der Waals surface area contributed by atoms with Crippen molar-refractivity contribution in [1.82, 2.24) is 0 Å². The summed E-state index contributed by atoms with van der Waals surface area (Å²) in [5.74, 6) is 0. The zero-order chi connectivity index (χ0) is 6.03. The van der Waals surface area contributed by atoms with E-state index in [0.717, 1.165) is 0 Å². The van der Waals surface area contributed by atoms with Gasteiger partial charge in [-0.3, -0.25) is 0 Å². The Labute approximate surface area is 55.5 Å². The molecule has 3 aromatic carbocycles. The van der Waals surface area contributed by atoms with E-state index in [1.54, 1.807) is 21.9 Å². The monoisotopic (exact) mass is 126 g/mol. The van der Waals surface area contributed by atoms with Crippen molar-refractivity contribution in [2.45, 2.75) is 6.42 Å². The van der Waals surface area contributed by atoms with Crippen LogP contribution in [0.25, 0.3) is 32.7 Å². The van der Waals surface area contributed by atoms with Crippen LogP contribution in [0.1, 0.15) is 11.1 Å². The summed E-state index contributed by atoms with van der Waals surface area (Å²) in [6.45, 7) is 0. The van der Waals surface area contributed by atoms with Crippen LogP contribution < -0.4 is 0 Å². The molecule has 0 N–H and O–H groups in total. The van der Waals surface area contributed by atoms with Gasteiger partial charge in [0.25, 0.3) is 0 Å². The van der Waals surface area contributed by atoms with E-state index in [2.05, 4.69) is 0 Å². The van der Waals surface area contributed by atoms with Crippen molar-refractivity contribution in [2.24, 2.45) is 0 Å². The molecule has 0 fully saturated rings. The third-order valence-corrected chi connectivity index (χ3v) is 3.01. The molecule has 4 aromatic rings. The highest BCUT2D eigenvalue weighted by Crippen LogP contribution is 2.63. The molecule has 1 aliphatic carbocycles. The Morgan fingerprint density at radius 2 is 1.40 bits per heavy atom.